The summed E-state index contributed by atoms with van der Waals surface area (Å²) in [7, 11) is 0. The number of nitrogens with one attached hydrogen (secondary N) is 1. The van der Waals surface area contributed by atoms with E-state index in [-0.39, 0.29) is 5.54 Å². The first kappa shape index (κ1) is 19.3. The van der Waals surface area contributed by atoms with Crippen LogP contribution in [0.2, 0.25) is 0 Å². The molecule has 160 valence electrons. The van der Waals surface area contributed by atoms with Gasteiger partial charge in [-0.3, -0.25) is 4.40 Å². The highest BCUT2D eigenvalue weighted by Gasteiger charge is 2.34. The van der Waals surface area contributed by atoms with E-state index in [0.29, 0.717) is 5.92 Å². The molecule has 1 aliphatic carbocycles. The first-order valence-corrected chi connectivity index (χ1v) is 11.4. The fourth-order valence-electron chi connectivity index (χ4n) is 4.90. The zero-order valence-electron chi connectivity index (χ0n) is 18.3. The van der Waals surface area contributed by atoms with Gasteiger partial charge in [0, 0.05) is 40.9 Å². The molecule has 0 amide bonds. The molecule has 1 fully saturated rings. The van der Waals surface area contributed by atoms with Crippen molar-refractivity contribution in [2.45, 2.75) is 31.7 Å². The Kier molecular flexibility index (Phi) is 4.40. The predicted molar refractivity (Wildman–Crippen MR) is 129 cm³/mol. The second-order valence-electron chi connectivity index (χ2n) is 9.17. The van der Waals surface area contributed by atoms with Crippen LogP contribution in [0.25, 0.3) is 28.2 Å². The number of aromatic nitrogens is 2. The molecule has 3 N–H and O–H groups in total. The number of rotatable bonds is 4. The number of imidazole rings is 1. The third-order valence-electron chi connectivity index (χ3n) is 7.00. The van der Waals surface area contributed by atoms with Crippen LogP contribution in [0.1, 0.15) is 37.3 Å². The zero-order chi connectivity index (χ0) is 21.7. The molecule has 0 saturated heterocycles. The van der Waals surface area contributed by atoms with Crippen LogP contribution < -0.4 is 11.2 Å². The molecule has 2 aromatic heterocycles. The summed E-state index contributed by atoms with van der Waals surface area (Å²) in [5, 5.41) is 4.53. The van der Waals surface area contributed by atoms with Gasteiger partial charge in [-0.15, -0.1) is 0 Å². The van der Waals surface area contributed by atoms with Gasteiger partial charge in [0.2, 0.25) is 0 Å². The molecule has 32 heavy (non-hydrogen) atoms. The minimum absolute atomic E-state index is 0.151. The summed E-state index contributed by atoms with van der Waals surface area (Å²) in [5.74, 6) is 0.387. The molecule has 2 aliphatic rings. The number of benzene rings is 2. The molecule has 4 aromatic rings. The number of nitrogens with zero attached hydrogens (tertiary/aromatic N) is 3. The lowest BCUT2D eigenvalue weighted by molar-refractivity contribution is 0.253. The maximum Gasteiger partial charge on any atom is 0.137 e. The highest BCUT2D eigenvalue weighted by atomic mass is 15.3. The molecule has 1 aliphatic heterocycles. The average molecular weight is 422 g/mol. The Hall–Kier alpha value is -3.44. The van der Waals surface area contributed by atoms with Crippen LogP contribution in [-0.4, -0.2) is 21.6 Å². The molecular formula is C27H27N5. The standard InChI is InChI=1S/C27H27N5/c1-18-16-29-31-24(18)21-10-13-23-30-25(26(32(23)17-21)20-6-3-2-4-7-20)19-8-11-22(12-9-19)27(28)14-5-15-27/h2-4,6-13,17-18,29H,5,14-16,28H2,1H3. The van der Waals surface area contributed by atoms with Crippen molar-refractivity contribution in [1.29, 1.82) is 0 Å². The lowest BCUT2D eigenvalue weighted by Gasteiger charge is -2.38. The highest BCUT2D eigenvalue weighted by Crippen LogP contribution is 2.40. The van der Waals surface area contributed by atoms with E-state index in [4.69, 9.17) is 10.7 Å². The molecule has 0 bridgehead atoms. The van der Waals surface area contributed by atoms with E-state index in [0.717, 1.165) is 58.8 Å². The van der Waals surface area contributed by atoms with Crippen molar-refractivity contribution in [2.24, 2.45) is 16.8 Å². The Bertz CT molecular complexity index is 1310. The molecular weight excluding hydrogens is 394 g/mol. The predicted octanol–water partition coefficient (Wildman–Crippen LogP) is 4.95. The van der Waals surface area contributed by atoms with Crippen LogP contribution in [0.5, 0.6) is 0 Å². The molecule has 3 heterocycles. The maximum atomic E-state index is 6.55. The maximum absolute atomic E-state index is 6.55. The van der Waals surface area contributed by atoms with Crippen LogP contribution in [0.15, 0.2) is 78.0 Å². The molecule has 1 unspecified atom stereocenters. The Morgan fingerprint density at radius 1 is 0.938 bits per heavy atom. The van der Waals surface area contributed by atoms with Gasteiger partial charge < -0.3 is 11.2 Å². The molecule has 1 saturated carbocycles. The first-order valence-electron chi connectivity index (χ1n) is 11.4. The molecule has 5 heteroatoms. The third kappa shape index (κ3) is 3.04. The Morgan fingerprint density at radius 3 is 2.34 bits per heavy atom. The lowest BCUT2D eigenvalue weighted by Crippen LogP contribution is -2.43. The van der Waals surface area contributed by atoms with Gasteiger partial charge in [-0.25, -0.2) is 4.98 Å². The second-order valence-corrected chi connectivity index (χ2v) is 9.17. The van der Waals surface area contributed by atoms with Crippen molar-refractivity contribution in [1.82, 2.24) is 14.8 Å². The Morgan fingerprint density at radius 2 is 1.69 bits per heavy atom. The molecule has 0 radical (unpaired) electrons. The number of hydrogen-bond donors (Lipinski definition) is 2. The largest absolute Gasteiger partial charge is 0.321 e. The summed E-state index contributed by atoms with van der Waals surface area (Å²) in [4.78, 5) is 5.05. The van der Waals surface area contributed by atoms with Gasteiger partial charge in [-0.2, -0.15) is 5.10 Å². The minimum Gasteiger partial charge on any atom is -0.321 e. The summed E-state index contributed by atoms with van der Waals surface area (Å²) in [5.41, 5.74) is 18.2. The van der Waals surface area contributed by atoms with Gasteiger partial charge >= 0.3 is 0 Å². The number of hydrazone groups is 1. The summed E-state index contributed by atoms with van der Waals surface area (Å²) < 4.78 is 2.21. The van der Waals surface area contributed by atoms with Gasteiger partial charge in [-0.1, -0.05) is 61.5 Å². The molecule has 5 nitrogen and oxygen atoms in total. The molecule has 0 spiro atoms. The number of hydrogen-bond acceptors (Lipinski definition) is 4. The number of pyridine rings is 1. The van der Waals surface area contributed by atoms with Gasteiger partial charge in [0.15, 0.2) is 0 Å². The van der Waals surface area contributed by atoms with Crippen LogP contribution in [-0.2, 0) is 5.54 Å². The van der Waals surface area contributed by atoms with Crippen LogP contribution in [0, 0.1) is 5.92 Å². The Labute approximate surface area is 188 Å². The second kappa shape index (κ2) is 7.31. The first-order chi connectivity index (χ1) is 15.6. The fourth-order valence-corrected chi connectivity index (χ4v) is 4.90. The normalized spacial score (nSPS) is 19.4. The van der Waals surface area contributed by atoms with E-state index in [2.05, 4.69) is 88.7 Å². The fraction of sp³-hybridized carbons (Fsp3) is 0.259. The van der Waals surface area contributed by atoms with E-state index >= 15 is 0 Å². The van der Waals surface area contributed by atoms with Crippen molar-refractivity contribution >= 4 is 11.4 Å². The monoisotopic (exact) mass is 421 g/mol. The summed E-state index contributed by atoms with van der Waals surface area (Å²) in [6, 6.07) is 23.4. The van der Waals surface area contributed by atoms with Crippen molar-refractivity contribution in [2.75, 3.05) is 6.54 Å². The number of fused-ring (bicyclic) bond motifs is 1. The van der Waals surface area contributed by atoms with Crippen LogP contribution in [0.4, 0.5) is 0 Å². The van der Waals surface area contributed by atoms with Crippen molar-refractivity contribution in [3.63, 3.8) is 0 Å². The molecule has 2 aromatic carbocycles. The van der Waals surface area contributed by atoms with Gasteiger partial charge in [0.25, 0.3) is 0 Å². The smallest absolute Gasteiger partial charge is 0.137 e. The van der Waals surface area contributed by atoms with E-state index < -0.39 is 0 Å². The zero-order valence-corrected chi connectivity index (χ0v) is 18.3. The average Bonchev–Trinajstić information content (AvgIpc) is 3.41. The van der Waals surface area contributed by atoms with E-state index in [1.54, 1.807) is 0 Å². The summed E-state index contributed by atoms with van der Waals surface area (Å²) in [6.45, 7) is 3.08. The van der Waals surface area contributed by atoms with E-state index in [1.165, 1.54) is 12.0 Å². The van der Waals surface area contributed by atoms with Gasteiger partial charge in [0.1, 0.15) is 5.65 Å². The highest BCUT2D eigenvalue weighted by molar-refractivity contribution is 6.03. The van der Waals surface area contributed by atoms with Crippen molar-refractivity contribution in [3.05, 3.63) is 84.1 Å². The minimum atomic E-state index is -0.151. The van der Waals surface area contributed by atoms with Crippen molar-refractivity contribution < 1.29 is 0 Å². The van der Waals surface area contributed by atoms with E-state index in [1.807, 2.05) is 6.07 Å². The number of nitrogens with two attached hydrogens (primary N) is 1. The Balaban J connectivity index is 1.51. The van der Waals surface area contributed by atoms with E-state index in [9.17, 15) is 0 Å². The quantitative estimate of drug-likeness (QED) is 0.490. The third-order valence-corrected chi connectivity index (χ3v) is 7.00. The van der Waals surface area contributed by atoms with Gasteiger partial charge in [-0.05, 0) is 37.0 Å². The molecule has 1 atom stereocenters. The van der Waals surface area contributed by atoms with Gasteiger partial charge in [0.05, 0.1) is 17.1 Å². The lowest BCUT2D eigenvalue weighted by atomic mass is 9.72. The topological polar surface area (TPSA) is 67.7 Å². The summed E-state index contributed by atoms with van der Waals surface area (Å²) in [6.07, 6.45) is 5.52. The van der Waals surface area contributed by atoms with Crippen LogP contribution in [0.3, 0.4) is 0 Å². The van der Waals surface area contributed by atoms with Crippen LogP contribution >= 0.6 is 0 Å². The SMILES string of the molecule is CC1CNN=C1c1ccc2nc(-c3ccc(C4(N)CCC4)cc3)c(-c3ccccc3)n2c1. The summed E-state index contributed by atoms with van der Waals surface area (Å²) >= 11 is 0. The van der Waals surface area contributed by atoms with Crippen molar-refractivity contribution in [3.8, 4) is 22.5 Å². The molecule has 6 rings (SSSR count).